The van der Waals surface area contributed by atoms with Crippen LogP contribution in [0.25, 0.3) is 0 Å². The van der Waals surface area contributed by atoms with E-state index in [1.807, 2.05) is 12.1 Å². The summed E-state index contributed by atoms with van der Waals surface area (Å²) in [6, 6.07) is 7.60. The summed E-state index contributed by atoms with van der Waals surface area (Å²) < 4.78 is 19.4. The Morgan fingerprint density at radius 1 is 1.10 bits per heavy atom. The molecule has 4 nitrogen and oxygen atoms in total. The second-order valence-corrected chi connectivity index (χ2v) is 16.9. The molecule has 4 aliphatic carbocycles. The van der Waals surface area contributed by atoms with Crippen LogP contribution >= 0.6 is 0 Å². The number of primary amides is 1. The third-order valence-corrected chi connectivity index (χ3v) is 9.81. The molecule has 30 heavy (non-hydrogen) atoms. The molecule has 0 aliphatic heterocycles. The van der Waals surface area contributed by atoms with Crippen molar-refractivity contribution in [3.05, 3.63) is 35.6 Å². The molecule has 6 heteroatoms. The van der Waals surface area contributed by atoms with Gasteiger partial charge in [0.05, 0.1) is 13.0 Å². The molecule has 4 saturated carbocycles. The van der Waals surface area contributed by atoms with Gasteiger partial charge in [0.15, 0.2) is 0 Å². The summed E-state index contributed by atoms with van der Waals surface area (Å²) in [5.41, 5.74) is 6.07. The molecular weight excluding hydrogens is 397 g/mol. The minimum absolute atomic E-state index is 0.168. The van der Waals surface area contributed by atoms with Crippen LogP contribution in [0.4, 0.5) is 4.39 Å². The van der Waals surface area contributed by atoms with Gasteiger partial charge in [-0.3, -0.25) is 9.59 Å². The van der Waals surface area contributed by atoms with E-state index in [2.05, 4.69) is 19.6 Å². The molecule has 1 amide bonds. The maximum absolute atomic E-state index is 13.7. The number of ether oxygens (including phenoxy) is 1. The number of esters is 1. The zero-order valence-electron chi connectivity index (χ0n) is 18.4. The topological polar surface area (TPSA) is 69.4 Å². The fraction of sp³-hybridized carbons (Fsp3) is 0.667. The van der Waals surface area contributed by atoms with Crippen LogP contribution in [0.15, 0.2) is 24.3 Å². The van der Waals surface area contributed by atoms with Crippen LogP contribution in [0, 0.1) is 29.0 Å². The Hall–Kier alpha value is -1.69. The molecule has 1 aromatic rings. The first-order chi connectivity index (χ1) is 14.0. The first-order valence-corrected chi connectivity index (χ1v) is 15.0. The highest BCUT2D eigenvalue weighted by molar-refractivity contribution is 6.76. The number of hydrogen-bond donors (Lipinski definition) is 1. The maximum Gasteiger partial charge on any atom is 0.306 e. The van der Waals surface area contributed by atoms with Crippen LogP contribution in [-0.2, 0) is 19.7 Å². The highest BCUT2D eigenvalue weighted by Crippen LogP contribution is 2.68. The summed E-state index contributed by atoms with van der Waals surface area (Å²) in [6.45, 7) is 7.27. The summed E-state index contributed by atoms with van der Waals surface area (Å²) >= 11 is 0. The molecule has 2 unspecified atom stereocenters. The summed E-state index contributed by atoms with van der Waals surface area (Å²) in [5, 5.41) is 0. The molecule has 1 aromatic carbocycles. The van der Waals surface area contributed by atoms with Crippen molar-refractivity contribution in [2.75, 3.05) is 6.61 Å². The van der Waals surface area contributed by atoms with Gasteiger partial charge >= 0.3 is 5.97 Å². The fourth-order valence-corrected chi connectivity index (χ4v) is 7.50. The van der Waals surface area contributed by atoms with Crippen molar-refractivity contribution in [2.45, 2.75) is 69.6 Å². The van der Waals surface area contributed by atoms with E-state index in [0.29, 0.717) is 18.9 Å². The first-order valence-electron chi connectivity index (χ1n) is 11.3. The molecule has 0 radical (unpaired) electrons. The van der Waals surface area contributed by atoms with E-state index >= 15 is 0 Å². The predicted octanol–water partition coefficient (Wildman–Crippen LogP) is 4.65. The van der Waals surface area contributed by atoms with Crippen LogP contribution in [0.3, 0.4) is 0 Å². The number of carbonyl (C=O) groups is 2. The minimum atomic E-state index is -1.28. The summed E-state index contributed by atoms with van der Waals surface area (Å²) in [5.74, 6) is 0.263. The smallest absolute Gasteiger partial charge is 0.306 e. The molecule has 2 N–H and O–H groups in total. The van der Waals surface area contributed by atoms with E-state index in [-0.39, 0.29) is 34.9 Å². The lowest BCUT2D eigenvalue weighted by Crippen LogP contribution is -2.62. The minimum Gasteiger partial charge on any atom is -0.466 e. The molecule has 0 saturated heterocycles. The Morgan fingerprint density at radius 3 is 2.23 bits per heavy atom. The van der Waals surface area contributed by atoms with E-state index in [0.717, 1.165) is 43.7 Å². The fourth-order valence-electron chi connectivity index (χ4n) is 6.78. The number of amides is 1. The number of nitrogens with two attached hydrogens (primary N) is 1. The average molecular weight is 432 g/mol. The van der Waals surface area contributed by atoms with Crippen molar-refractivity contribution in [2.24, 2.45) is 28.9 Å². The number of carbonyl (C=O) groups excluding carboxylic acids is 2. The van der Waals surface area contributed by atoms with Crippen molar-refractivity contribution in [3.63, 3.8) is 0 Å². The average Bonchev–Trinajstić information content (AvgIpc) is 2.64. The Kier molecular flexibility index (Phi) is 5.36. The summed E-state index contributed by atoms with van der Waals surface area (Å²) in [6.07, 6.45) is 4.66. The van der Waals surface area contributed by atoms with Gasteiger partial charge in [0, 0.05) is 18.9 Å². The summed E-state index contributed by atoms with van der Waals surface area (Å²) in [4.78, 5) is 25.4. The lowest BCUT2D eigenvalue weighted by atomic mass is 9.39. The monoisotopic (exact) mass is 431 g/mol. The summed E-state index contributed by atoms with van der Waals surface area (Å²) in [7, 11) is -1.28. The predicted molar refractivity (Wildman–Crippen MR) is 117 cm³/mol. The SMILES string of the molecule is C[Si](C)(C)CCOC(=O)C[C@]1(c2ccc(F)cc2)C2CC3CC1C[C@@](C(N)=O)(C3)C2. The zero-order chi connectivity index (χ0) is 21.7. The van der Waals surface area contributed by atoms with E-state index in [9.17, 15) is 14.0 Å². The quantitative estimate of drug-likeness (QED) is 0.505. The first kappa shape index (κ1) is 21.5. The van der Waals surface area contributed by atoms with Crippen LogP contribution < -0.4 is 5.73 Å². The van der Waals surface area contributed by atoms with E-state index in [1.54, 1.807) is 0 Å². The van der Waals surface area contributed by atoms with Crippen LogP contribution in [-0.4, -0.2) is 26.6 Å². The Balaban J connectivity index is 1.64. The normalized spacial score (nSPS) is 34.7. The highest BCUT2D eigenvalue weighted by atomic mass is 28.3. The van der Waals surface area contributed by atoms with Gasteiger partial charge in [-0.1, -0.05) is 31.8 Å². The number of hydrogen-bond acceptors (Lipinski definition) is 3. The molecule has 0 aromatic heterocycles. The largest absolute Gasteiger partial charge is 0.466 e. The Labute approximate surface area is 179 Å². The molecule has 0 heterocycles. The van der Waals surface area contributed by atoms with Crippen molar-refractivity contribution in [3.8, 4) is 0 Å². The van der Waals surface area contributed by atoms with Gasteiger partial charge in [0.25, 0.3) is 0 Å². The molecule has 4 aliphatic rings. The second-order valence-electron chi connectivity index (χ2n) is 11.2. The van der Waals surface area contributed by atoms with Gasteiger partial charge in [-0.05, 0) is 73.6 Å². The standard InChI is InChI=1S/C24H34FNO3Si/c1-30(2,3)9-8-29-21(27)15-24(17-4-6-20(25)7-5-17)18-10-16-11-19(24)14-23(12-16,13-18)22(26)28/h4-7,16,18-19H,8-15H2,1-3H3,(H2,26,28)/t16?,18?,19?,23-,24+. The van der Waals surface area contributed by atoms with Crippen molar-refractivity contribution in [1.82, 2.24) is 0 Å². The van der Waals surface area contributed by atoms with Gasteiger partial charge in [-0.15, -0.1) is 0 Å². The highest BCUT2D eigenvalue weighted by Gasteiger charge is 2.64. The maximum atomic E-state index is 13.7. The third-order valence-electron chi connectivity index (χ3n) is 8.10. The molecule has 0 spiro atoms. The molecule has 5 rings (SSSR count). The van der Waals surface area contributed by atoms with Crippen molar-refractivity contribution < 1.29 is 18.7 Å². The van der Waals surface area contributed by atoms with E-state index in [1.165, 1.54) is 12.1 Å². The lowest BCUT2D eigenvalue weighted by molar-refractivity contribution is -0.163. The number of halogens is 1. The van der Waals surface area contributed by atoms with Crippen LogP contribution in [0.1, 0.15) is 44.1 Å². The lowest BCUT2D eigenvalue weighted by Gasteiger charge is -2.64. The zero-order valence-corrected chi connectivity index (χ0v) is 19.4. The molecule has 4 bridgehead atoms. The van der Waals surface area contributed by atoms with Crippen molar-refractivity contribution in [1.29, 1.82) is 0 Å². The van der Waals surface area contributed by atoms with E-state index in [4.69, 9.17) is 10.5 Å². The van der Waals surface area contributed by atoms with Gasteiger partial charge < -0.3 is 10.5 Å². The van der Waals surface area contributed by atoms with Gasteiger partial charge in [0.1, 0.15) is 5.82 Å². The number of rotatable bonds is 7. The van der Waals surface area contributed by atoms with Gasteiger partial charge in [0.2, 0.25) is 5.91 Å². The molecule has 2 atom stereocenters. The molecule has 164 valence electrons. The number of benzene rings is 1. The third kappa shape index (κ3) is 3.72. The Morgan fingerprint density at radius 2 is 1.70 bits per heavy atom. The molecule has 4 fully saturated rings. The molecular formula is C24H34FNO3Si. The van der Waals surface area contributed by atoms with Crippen LogP contribution in [0.2, 0.25) is 25.7 Å². The Bertz CT molecular complexity index is 816. The van der Waals surface area contributed by atoms with Crippen molar-refractivity contribution >= 4 is 20.0 Å². The van der Waals surface area contributed by atoms with E-state index < -0.39 is 13.5 Å². The van der Waals surface area contributed by atoms with Gasteiger partial charge in [-0.2, -0.15) is 0 Å². The van der Waals surface area contributed by atoms with Crippen LogP contribution in [0.5, 0.6) is 0 Å². The second kappa shape index (κ2) is 7.47. The van der Waals surface area contributed by atoms with Gasteiger partial charge in [-0.25, -0.2) is 4.39 Å².